The number of methoxy groups -OCH3 is 1. The molecule has 0 atom stereocenters. The van der Waals surface area contributed by atoms with Gasteiger partial charge in [0.25, 0.3) is 0 Å². The molecule has 1 fully saturated rings. The van der Waals surface area contributed by atoms with Crippen LogP contribution in [-0.4, -0.2) is 31.1 Å². The molecular formula is C16H26IN3O. The summed E-state index contributed by atoms with van der Waals surface area (Å²) in [7, 11) is 1.71. The number of guanidine groups is 1. The Hall–Kier alpha value is -0.820. The van der Waals surface area contributed by atoms with Gasteiger partial charge in [0.2, 0.25) is 0 Å². The lowest BCUT2D eigenvalue weighted by Crippen LogP contribution is -2.38. The van der Waals surface area contributed by atoms with Gasteiger partial charge >= 0.3 is 0 Å². The summed E-state index contributed by atoms with van der Waals surface area (Å²) in [5.74, 6) is 0.688. The van der Waals surface area contributed by atoms with Gasteiger partial charge in [-0.2, -0.15) is 0 Å². The van der Waals surface area contributed by atoms with Gasteiger partial charge in [-0.3, -0.25) is 0 Å². The Morgan fingerprint density at radius 2 is 1.67 bits per heavy atom. The molecule has 1 heterocycles. The lowest BCUT2D eigenvalue weighted by Gasteiger charge is -2.21. The maximum atomic E-state index is 6.10. The predicted molar refractivity (Wildman–Crippen MR) is 97.9 cm³/mol. The largest absolute Gasteiger partial charge is 0.380 e. The average molecular weight is 403 g/mol. The second-order valence-electron chi connectivity index (χ2n) is 5.33. The van der Waals surface area contributed by atoms with Crippen molar-refractivity contribution in [1.82, 2.24) is 4.90 Å². The Bertz CT molecular complexity index is 426. The number of nitrogens with two attached hydrogens (primary N) is 1. The van der Waals surface area contributed by atoms with Crippen LogP contribution in [0.1, 0.15) is 36.8 Å². The molecule has 1 aliphatic rings. The highest BCUT2D eigenvalue weighted by molar-refractivity contribution is 14.0. The van der Waals surface area contributed by atoms with E-state index < -0.39 is 0 Å². The summed E-state index contributed by atoms with van der Waals surface area (Å²) >= 11 is 0. The zero-order valence-electron chi connectivity index (χ0n) is 12.8. The van der Waals surface area contributed by atoms with Crippen LogP contribution >= 0.6 is 24.0 Å². The van der Waals surface area contributed by atoms with E-state index in [0.29, 0.717) is 19.1 Å². The second-order valence-corrected chi connectivity index (χ2v) is 5.33. The molecule has 2 rings (SSSR count). The van der Waals surface area contributed by atoms with Gasteiger partial charge in [-0.25, -0.2) is 4.99 Å². The first kappa shape index (κ1) is 18.2. The third kappa shape index (κ3) is 6.22. The van der Waals surface area contributed by atoms with E-state index in [-0.39, 0.29) is 24.0 Å². The molecule has 0 aromatic heterocycles. The number of rotatable bonds is 4. The molecule has 1 saturated heterocycles. The monoisotopic (exact) mass is 403 g/mol. The Balaban J connectivity index is 0.00000220. The number of aliphatic imine (C=N–C) groups is 1. The molecule has 4 nitrogen and oxygen atoms in total. The molecule has 1 aromatic rings. The maximum Gasteiger partial charge on any atom is 0.191 e. The number of hydrogen-bond donors (Lipinski definition) is 1. The summed E-state index contributed by atoms with van der Waals surface area (Å²) < 4.78 is 5.10. The van der Waals surface area contributed by atoms with Gasteiger partial charge in [0, 0.05) is 20.2 Å². The molecule has 0 bridgehead atoms. The molecule has 0 unspecified atom stereocenters. The molecule has 5 heteroatoms. The van der Waals surface area contributed by atoms with Gasteiger partial charge < -0.3 is 15.4 Å². The molecule has 1 aromatic carbocycles. The maximum absolute atomic E-state index is 6.10. The van der Waals surface area contributed by atoms with E-state index in [0.717, 1.165) is 13.1 Å². The van der Waals surface area contributed by atoms with Crippen LogP contribution in [0.2, 0.25) is 0 Å². The molecule has 0 spiro atoms. The molecule has 0 amide bonds. The van der Waals surface area contributed by atoms with E-state index >= 15 is 0 Å². The fourth-order valence-corrected chi connectivity index (χ4v) is 2.48. The first-order valence-electron chi connectivity index (χ1n) is 7.41. The van der Waals surface area contributed by atoms with Crippen LogP contribution in [0.4, 0.5) is 0 Å². The molecule has 0 aliphatic carbocycles. The van der Waals surface area contributed by atoms with Crippen LogP contribution in [0.15, 0.2) is 29.3 Å². The highest BCUT2D eigenvalue weighted by Crippen LogP contribution is 2.10. The van der Waals surface area contributed by atoms with Crippen molar-refractivity contribution >= 4 is 29.9 Å². The summed E-state index contributed by atoms with van der Waals surface area (Å²) in [4.78, 5) is 6.74. The third-order valence-electron chi connectivity index (χ3n) is 3.69. The van der Waals surface area contributed by atoms with Gasteiger partial charge in [-0.05, 0) is 24.0 Å². The number of benzene rings is 1. The van der Waals surface area contributed by atoms with Gasteiger partial charge in [-0.1, -0.05) is 37.1 Å². The van der Waals surface area contributed by atoms with Gasteiger partial charge in [0.1, 0.15) is 0 Å². The highest BCUT2D eigenvalue weighted by Gasteiger charge is 2.10. The highest BCUT2D eigenvalue weighted by atomic mass is 127. The summed E-state index contributed by atoms with van der Waals surface area (Å²) in [6.45, 7) is 3.39. The van der Waals surface area contributed by atoms with Crippen molar-refractivity contribution in [2.45, 2.75) is 38.8 Å². The predicted octanol–water partition coefficient (Wildman–Crippen LogP) is 3.14. The summed E-state index contributed by atoms with van der Waals surface area (Å²) in [5, 5.41) is 0. The van der Waals surface area contributed by atoms with Crippen LogP contribution in [-0.2, 0) is 17.9 Å². The molecule has 21 heavy (non-hydrogen) atoms. The van der Waals surface area contributed by atoms with Crippen LogP contribution < -0.4 is 5.73 Å². The molecule has 0 saturated carbocycles. The van der Waals surface area contributed by atoms with E-state index in [1.54, 1.807) is 7.11 Å². The van der Waals surface area contributed by atoms with Gasteiger partial charge in [-0.15, -0.1) is 24.0 Å². The number of likely N-dealkylation sites (tertiary alicyclic amines) is 1. The molecular weight excluding hydrogens is 377 g/mol. The minimum Gasteiger partial charge on any atom is -0.380 e. The molecule has 1 aliphatic heterocycles. The third-order valence-corrected chi connectivity index (χ3v) is 3.69. The van der Waals surface area contributed by atoms with Crippen molar-refractivity contribution in [3.63, 3.8) is 0 Å². The van der Waals surface area contributed by atoms with E-state index in [1.807, 2.05) is 0 Å². The SMILES string of the molecule is COCc1ccc(CN=C(N)N2CCCCCC2)cc1.I. The lowest BCUT2D eigenvalue weighted by atomic mass is 10.1. The first-order chi connectivity index (χ1) is 9.79. The zero-order chi connectivity index (χ0) is 14.2. The molecule has 118 valence electrons. The smallest absolute Gasteiger partial charge is 0.191 e. The van der Waals surface area contributed by atoms with Crippen LogP contribution in [0.5, 0.6) is 0 Å². The average Bonchev–Trinajstić information content (AvgIpc) is 2.76. The van der Waals surface area contributed by atoms with Crippen molar-refractivity contribution in [1.29, 1.82) is 0 Å². The minimum atomic E-state index is 0. The van der Waals surface area contributed by atoms with Gasteiger partial charge in [0.05, 0.1) is 13.2 Å². The first-order valence-corrected chi connectivity index (χ1v) is 7.41. The Labute approximate surface area is 144 Å². The fraction of sp³-hybridized carbons (Fsp3) is 0.562. The summed E-state index contributed by atoms with van der Waals surface area (Å²) in [6.07, 6.45) is 5.07. The summed E-state index contributed by atoms with van der Waals surface area (Å²) in [5.41, 5.74) is 8.46. The van der Waals surface area contributed by atoms with Crippen molar-refractivity contribution in [3.05, 3.63) is 35.4 Å². The zero-order valence-corrected chi connectivity index (χ0v) is 15.1. The van der Waals surface area contributed by atoms with Crippen molar-refractivity contribution < 1.29 is 4.74 Å². The lowest BCUT2D eigenvalue weighted by molar-refractivity contribution is 0.185. The van der Waals surface area contributed by atoms with Crippen LogP contribution in [0, 0.1) is 0 Å². The van der Waals surface area contributed by atoms with E-state index in [1.165, 1.54) is 36.8 Å². The number of hydrogen-bond acceptors (Lipinski definition) is 2. The number of halogens is 1. The number of ether oxygens (including phenoxy) is 1. The van der Waals surface area contributed by atoms with Crippen molar-refractivity contribution in [2.24, 2.45) is 10.7 Å². The van der Waals surface area contributed by atoms with Crippen LogP contribution in [0.25, 0.3) is 0 Å². The number of nitrogens with zero attached hydrogens (tertiary/aromatic N) is 2. The molecule has 0 radical (unpaired) electrons. The van der Waals surface area contributed by atoms with Crippen molar-refractivity contribution in [3.8, 4) is 0 Å². The topological polar surface area (TPSA) is 50.9 Å². The van der Waals surface area contributed by atoms with Crippen molar-refractivity contribution in [2.75, 3.05) is 20.2 Å². The molecule has 2 N–H and O–H groups in total. The van der Waals surface area contributed by atoms with E-state index in [2.05, 4.69) is 34.2 Å². The van der Waals surface area contributed by atoms with Crippen LogP contribution in [0.3, 0.4) is 0 Å². The standard InChI is InChI=1S/C16H25N3O.HI/c1-20-13-15-8-6-14(7-9-15)12-18-16(17)19-10-4-2-3-5-11-19;/h6-9H,2-5,10-13H2,1H3,(H2,17,18);1H. The Morgan fingerprint density at radius 3 is 2.24 bits per heavy atom. The minimum absolute atomic E-state index is 0. The Morgan fingerprint density at radius 1 is 1.10 bits per heavy atom. The second kappa shape index (κ2) is 10.00. The fourth-order valence-electron chi connectivity index (χ4n) is 2.48. The Kier molecular flexibility index (Phi) is 8.68. The summed E-state index contributed by atoms with van der Waals surface area (Å²) in [6, 6.07) is 8.34. The van der Waals surface area contributed by atoms with E-state index in [4.69, 9.17) is 10.5 Å². The quantitative estimate of drug-likeness (QED) is 0.478. The van der Waals surface area contributed by atoms with Gasteiger partial charge in [0.15, 0.2) is 5.96 Å². The normalized spacial score (nSPS) is 16.2. The van der Waals surface area contributed by atoms with E-state index in [9.17, 15) is 0 Å².